The van der Waals surface area contributed by atoms with Gasteiger partial charge in [-0.25, -0.2) is 14.4 Å². The van der Waals surface area contributed by atoms with Crippen molar-refractivity contribution in [2.24, 2.45) is 0 Å². The molecule has 170 valence electrons. The Balaban J connectivity index is 0.000000366. The molecule has 8 nitrogen and oxygen atoms in total. The molecular weight excluding hydrogens is 426 g/mol. The van der Waals surface area contributed by atoms with Gasteiger partial charge in [0.25, 0.3) is 0 Å². The Labute approximate surface area is 186 Å². The number of carboxylic acids is 2. The quantitative estimate of drug-likeness (QED) is 0.474. The average molecular weight is 454 g/mol. The number of hydrogen-bond acceptors (Lipinski definition) is 6. The van der Waals surface area contributed by atoms with Crippen molar-refractivity contribution in [2.45, 2.75) is 63.3 Å². The Morgan fingerprint density at radius 2 is 1.77 bits per heavy atom. The van der Waals surface area contributed by atoms with Crippen LogP contribution in [0.15, 0.2) is 36.4 Å². The first-order chi connectivity index (χ1) is 14.7. The van der Waals surface area contributed by atoms with Crippen molar-refractivity contribution in [1.82, 2.24) is 4.90 Å². The summed E-state index contributed by atoms with van der Waals surface area (Å²) in [6.07, 6.45) is 6.39. The minimum Gasteiger partial charge on any atom is -0.479 e. The average Bonchev–Trinajstić information content (AvgIpc) is 2.90. The van der Waals surface area contributed by atoms with E-state index in [4.69, 9.17) is 31.3 Å². The van der Waals surface area contributed by atoms with Gasteiger partial charge in [-0.1, -0.05) is 18.5 Å². The molecule has 2 saturated heterocycles. The van der Waals surface area contributed by atoms with Gasteiger partial charge >= 0.3 is 17.9 Å². The molecule has 2 heterocycles. The maximum absolute atomic E-state index is 12.6. The molecule has 2 aliphatic rings. The van der Waals surface area contributed by atoms with E-state index in [-0.39, 0.29) is 5.97 Å². The lowest BCUT2D eigenvalue weighted by atomic mass is 10.0. The highest BCUT2D eigenvalue weighted by Gasteiger charge is 2.50. The van der Waals surface area contributed by atoms with Crippen LogP contribution in [0.4, 0.5) is 0 Å². The third kappa shape index (κ3) is 6.97. The van der Waals surface area contributed by atoms with Gasteiger partial charge in [-0.3, -0.25) is 4.90 Å². The summed E-state index contributed by atoms with van der Waals surface area (Å²) in [4.78, 5) is 34.0. The maximum atomic E-state index is 12.6. The summed E-state index contributed by atoms with van der Waals surface area (Å²) in [6.45, 7) is 1.93. The smallest absolute Gasteiger partial charge is 0.349 e. The number of carboxylic acid groups (broad SMARTS) is 2. The molecule has 2 bridgehead atoms. The number of carbonyl (C=O) groups excluding carboxylic acids is 1. The molecule has 0 amide bonds. The van der Waals surface area contributed by atoms with Crippen molar-refractivity contribution >= 4 is 29.5 Å². The largest absolute Gasteiger partial charge is 0.479 e. The summed E-state index contributed by atoms with van der Waals surface area (Å²) in [5.74, 6) is -2.14. The lowest BCUT2D eigenvalue weighted by Crippen LogP contribution is -2.52. The van der Waals surface area contributed by atoms with E-state index in [1.807, 2.05) is 6.92 Å². The number of nitrogens with zero attached hydrogens (tertiary/aromatic N) is 1. The number of esters is 1. The van der Waals surface area contributed by atoms with Crippen LogP contribution in [0.5, 0.6) is 5.75 Å². The van der Waals surface area contributed by atoms with Gasteiger partial charge < -0.3 is 19.7 Å². The van der Waals surface area contributed by atoms with Crippen molar-refractivity contribution < 1.29 is 34.1 Å². The lowest BCUT2D eigenvalue weighted by molar-refractivity contribution is -0.192. The number of carbonyl (C=O) groups is 3. The Kier molecular flexibility index (Phi) is 8.88. The van der Waals surface area contributed by atoms with E-state index in [1.54, 1.807) is 24.3 Å². The van der Waals surface area contributed by atoms with Crippen LogP contribution >= 0.6 is 11.6 Å². The van der Waals surface area contributed by atoms with Crippen molar-refractivity contribution in [1.29, 1.82) is 0 Å². The van der Waals surface area contributed by atoms with Crippen molar-refractivity contribution in [3.8, 4) is 5.75 Å². The first-order valence-electron chi connectivity index (χ1n) is 10.2. The van der Waals surface area contributed by atoms with Gasteiger partial charge in [0.2, 0.25) is 0 Å². The van der Waals surface area contributed by atoms with Gasteiger partial charge in [0.15, 0.2) is 11.8 Å². The molecule has 2 N–H and O–H groups in total. The molecule has 1 aromatic carbocycles. The summed E-state index contributed by atoms with van der Waals surface area (Å²) >= 11 is 5.88. The van der Waals surface area contributed by atoms with Crippen LogP contribution in [0.3, 0.4) is 0 Å². The third-order valence-electron chi connectivity index (χ3n) is 5.55. The van der Waals surface area contributed by atoms with Crippen molar-refractivity contribution in [3.63, 3.8) is 0 Å². The van der Waals surface area contributed by atoms with Crippen LogP contribution in [-0.2, 0) is 19.1 Å². The fourth-order valence-electron chi connectivity index (χ4n) is 3.89. The normalized spacial score (nSPS) is 23.5. The SMILES string of the molecule is CCC(Oc1ccc(Cl)cc1)C(=O)O[C@]12CCC[C@H](CC1)N2C.O=C(O)C=CC(=O)O. The highest BCUT2D eigenvalue weighted by Crippen LogP contribution is 2.44. The number of halogens is 1. The molecule has 3 atom stereocenters. The van der Waals surface area contributed by atoms with Gasteiger partial charge in [0.1, 0.15) is 5.75 Å². The summed E-state index contributed by atoms with van der Waals surface area (Å²) in [6, 6.07) is 7.60. The van der Waals surface area contributed by atoms with Gasteiger partial charge in [-0.2, -0.15) is 0 Å². The molecule has 31 heavy (non-hydrogen) atoms. The van der Waals surface area contributed by atoms with Crippen molar-refractivity contribution in [2.75, 3.05) is 7.05 Å². The molecule has 3 rings (SSSR count). The highest BCUT2D eigenvalue weighted by atomic mass is 35.5. The minimum absolute atomic E-state index is 0.267. The van der Waals surface area contributed by atoms with Crippen molar-refractivity contribution in [3.05, 3.63) is 41.4 Å². The predicted octanol–water partition coefficient (Wildman–Crippen LogP) is 3.73. The van der Waals surface area contributed by atoms with E-state index in [9.17, 15) is 14.4 Å². The third-order valence-corrected chi connectivity index (χ3v) is 5.80. The standard InChI is InChI=1S/C18H24ClNO3.C4H4O4/c1-3-16(22-15-8-6-13(19)7-9-15)17(21)23-18-11-4-5-14(10-12-18)20(18)2;5-3(6)1-2-4(7)8/h6-9,14,16H,3-5,10-12H2,1-2H3;1-2H,(H,5,6)(H,7,8)/t14-,16?,18-;/m1./s1. The van der Waals surface area contributed by atoms with E-state index >= 15 is 0 Å². The van der Waals surface area contributed by atoms with Crippen LogP contribution in [0.2, 0.25) is 5.02 Å². The Morgan fingerprint density at radius 3 is 2.32 bits per heavy atom. The molecule has 1 unspecified atom stereocenters. The molecular formula is C22H28ClNO7. The van der Waals surface area contributed by atoms with Crippen LogP contribution in [0, 0.1) is 0 Å². The number of ether oxygens (including phenoxy) is 2. The van der Waals surface area contributed by atoms with Crippen LogP contribution in [0.25, 0.3) is 0 Å². The molecule has 2 aliphatic heterocycles. The molecule has 0 aromatic heterocycles. The minimum atomic E-state index is -1.26. The summed E-state index contributed by atoms with van der Waals surface area (Å²) in [7, 11) is 2.07. The van der Waals surface area contributed by atoms with E-state index in [0.717, 1.165) is 25.7 Å². The molecule has 0 spiro atoms. The lowest BCUT2D eigenvalue weighted by Gasteiger charge is -2.42. The summed E-state index contributed by atoms with van der Waals surface area (Å²) in [5.41, 5.74) is -0.420. The van der Waals surface area contributed by atoms with Crippen LogP contribution in [0.1, 0.15) is 45.4 Å². The Hall–Kier alpha value is -2.58. The zero-order chi connectivity index (χ0) is 23.0. The first-order valence-corrected chi connectivity index (χ1v) is 10.6. The van der Waals surface area contributed by atoms with E-state index in [2.05, 4.69) is 11.9 Å². The molecule has 1 aromatic rings. The molecule has 9 heteroatoms. The number of aliphatic carboxylic acids is 2. The fourth-order valence-corrected chi connectivity index (χ4v) is 4.02. The second-order valence-corrected chi connectivity index (χ2v) is 7.98. The first kappa shape index (κ1) is 24.7. The van der Waals surface area contributed by atoms with E-state index < -0.39 is 23.8 Å². The second kappa shape index (κ2) is 11.2. The van der Waals surface area contributed by atoms with Gasteiger partial charge in [-0.05, 0) is 57.0 Å². The number of hydrogen-bond donors (Lipinski definition) is 2. The van der Waals surface area contributed by atoms with E-state index in [0.29, 0.717) is 35.4 Å². The second-order valence-electron chi connectivity index (χ2n) is 7.54. The van der Waals surface area contributed by atoms with Gasteiger partial charge in [-0.15, -0.1) is 0 Å². The Bertz CT molecular complexity index is 791. The van der Waals surface area contributed by atoms with E-state index in [1.165, 1.54) is 6.42 Å². The zero-order valence-corrected chi connectivity index (χ0v) is 18.4. The fraction of sp³-hybridized carbons (Fsp3) is 0.500. The summed E-state index contributed by atoms with van der Waals surface area (Å²) in [5, 5.41) is 16.3. The zero-order valence-electron chi connectivity index (χ0n) is 17.6. The monoisotopic (exact) mass is 453 g/mol. The Morgan fingerprint density at radius 1 is 1.16 bits per heavy atom. The number of benzene rings is 1. The highest BCUT2D eigenvalue weighted by molar-refractivity contribution is 6.30. The molecule has 0 aliphatic carbocycles. The number of piperidine rings is 1. The van der Waals surface area contributed by atoms with Crippen LogP contribution in [-0.4, -0.2) is 57.9 Å². The molecule has 0 radical (unpaired) electrons. The maximum Gasteiger partial charge on any atom is 0.349 e. The number of rotatable bonds is 7. The van der Waals surface area contributed by atoms with Crippen LogP contribution < -0.4 is 4.74 Å². The predicted molar refractivity (Wildman–Crippen MR) is 114 cm³/mol. The van der Waals surface area contributed by atoms with Gasteiger partial charge in [0, 0.05) is 36.1 Å². The van der Waals surface area contributed by atoms with Gasteiger partial charge in [0.05, 0.1) is 0 Å². The molecule has 0 saturated carbocycles. The molecule has 2 fully saturated rings. The number of fused-ring (bicyclic) bond motifs is 2. The summed E-state index contributed by atoms with van der Waals surface area (Å²) < 4.78 is 11.8. The topological polar surface area (TPSA) is 113 Å².